The number of nitrogens with zero attached hydrogens (tertiary/aromatic N) is 1. The maximum absolute atomic E-state index is 12.9. The molecule has 6 nitrogen and oxygen atoms in total. The average molecular weight is 390 g/mol. The van der Waals surface area contributed by atoms with Gasteiger partial charge in [-0.15, -0.1) is 0 Å². The first-order valence-electron chi connectivity index (χ1n) is 9.56. The molecule has 29 heavy (non-hydrogen) atoms. The number of nitrogens with one attached hydrogen (secondary N) is 1. The van der Waals surface area contributed by atoms with E-state index in [2.05, 4.69) is 4.98 Å². The Morgan fingerprint density at radius 3 is 2.55 bits per heavy atom. The predicted octanol–water partition coefficient (Wildman–Crippen LogP) is 3.17. The highest BCUT2D eigenvalue weighted by Gasteiger charge is 2.26. The van der Waals surface area contributed by atoms with Crippen molar-refractivity contribution in [3.05, 3.63) is 100.0 Å². The van der Waals surface area contributed by atoms with E-state index in [1.165, 1.54) is 12.3 Å². The third-order valence-electron chi connectivity index (χ3n) is 4.87. The molecule has 1 fully saturated rings. The molecule has 0 unspecified atom stereocenters. The Morgan fingerprint density at radius 1 is 1.10 bits per heavy atom. The molecular formula is C23H22N2O4. The van der Waals surface area contributed by atoms with Gasteiger partial charge in [-0.3, -0.25) is 9.59 Å². The van der Waals surface area contributed by atoms with E-state index in [1.54, 1.807) is 4.90 Å². The number of rotatable bonds is 5. The van der Waals surface area contributed by atoms with Crippen molar-refractivity contribution in [1.29, 1.82) is 0 Å². The molecular weight excluding hydrogens is 368 g/mol. The van der Waals surface area contributed by atoms with E-state index in [4.69, 9.17) is 9.47 Å². The van der Waals surface area contributed by atoms with Gasteiger partial charge in [0, 0.05) is 18.8 Å². The van der Waals surface area contributed by atoms with Crippen molar-refractivity contribution in [3.63, 3.8) is 0 Å². The normalized spacial score (nSPS) is 16.4. The average Bonchev–Trinajstić information content (AvgIpc) is 2.79. The minimum atomic E-state index is -0.323. The van der Waals surface area contributed by atoms with Gasteiger partial charge in [0.15, 0.2) is 5.75 Å². The van der Waals surface area contributed by atoms with E-state index in [9.17, 15) is 9.59 Å². The first-order chi connectivity index (χ1) is 14.2. The van der Waals surface area contributed by atoms with E-state index in [-0.39, 0.29) is 28.9 Å². The van der Waals surface area contributed by atoms with Gasteiger partial charge in [-0.1, -0.05) is 60.7 Å². The van der Waals surface area contributed by atoms with Gasteiger partial charge in [-0.05, 0) is 11.1 Å². The second-order valence-corrected chi connectivity index (χ2v) is 6.87. The van der Waals surface area contributed by atoms with Crippen LogP contribution < -0.4 is 10.2 Å². The van der Waals surface area contributed by atoms with Gasteiger partial charge in [0.05, 0.1) is 13.2 Å². The molecule has 4 rings (SSSR count). The fraction of sp³-hybridized carbons (Fsp3) is 0.217. The van der Waals surface area contributed by atoms with Crippen molar-refractivity contribution < 1.29 is 14.3 Å². The number of carbonyl (C=O) groups is 1. The molecule has 0 bridgehead atoms. The molecule has 3 aromatic rings. The van der Waals surface area contributed by atoms with E-state index >= 15 is 0 Å². The second-order valence-electron chi connectivity index (χ2n) is 6.87. The summed E-state index contributed by atoms with van der Waals surface area (Å²) in [5.41, 5.74) is 1.92. The van der Waals surface area contributed by atoms with Crippen molar-refractivity contribution in [3.8, 4) is 5.75 Å². The Hall–Kier alpha value is -3.38. The molecule has 1 aliphatic rings. The monoisotopic (exact) mass is 390 g/mol. The Kier molecular flexibility index (Phi) is 5.72. The van der Waals surface area contributed by atoms with Gasteiger partial charge in [0.2, 0.25) is 5.43 Å². The van der Waals surface area contributed by atoms with Crippen LogP contribution in [0.25, 0.3) is 0 Å². The van der Waals surface area contributed by atoms with Crippen LogP contribution in [0.3, 0.4) is 0 Å². The molecule has 6 heteroatoms. The smallest absolute Gasteiger partial charge is 0.270 e. The zero-order valence-corrected chi connectivity index (χ0v) is 15.9. The molecule has 148 valence electrons. The lowest BCUT2D eigenvalue weighted by atomic mass is 10.1. The summed E-state index contributed by atoms with van der Waals surface area (Å²) >= 11 is 0. The molecule has 1 saturated heterocycles. The zero-order valence-electron chi connectivity index (χ0n) is 15.9. The molecule has 1 amide bonds. The highest BCUT2D eigenvalue weighted by Crippen LogP contribution is 2.22. The Morgan fingerprint density at radius 2 is 1.83 bits per heavy atom. The second kappa shape index (κ2) is 8.75. The molecule has 1 N–H and O–H groups in total. The van der Waals surface area contributed by atoms with Crippen LogP contribution in [0.4, 0.5) is 0 Å². The maximum atomic E-state index is 12.9. The maximum Gasteiger partial charge on any atom is 0.270 e. The van der Waals surface area contributed by atoms with Crippen molar-refractivity contribution in [2.24, 2.45) is 0 Å². The SMILES string of the molecule is O=C(c1cc(=O)c(OCc2ccccc2)c[nH]1)N1CCO[C@@H](c2ccccc2)C1. The van der Waals surface area contributed by atoms with Crippen LogP contribution in [0.2, 0.25) is 0 Å². The quantitative estimate of drug-likeness (QED) is 0.726. The summed E-state index contributed by atoms with van der Waals surface area (Å²) < 4.78 is 11.4. The van der Waals surface area contributed by atoms with Gasteiger partial charge in [0.1, 0.15) is 18.4 Å². The van der Waals surface area contributed by atoms with Gasteiger partial charge < -0.3 is 19.4 Å². The summed E-state index contributed by atoms with van der Waals surface area (Å²) in [6.07, 6.45) is 1.28. The summed E-state index contributed by atoms with van der Waals surface area (Å²) in [6.45, 7) is 1.67. The van der Waals surface area contributed by atoms with E-state index < -0.39 is 0 Å². The molecule has 1 atom stereocenters. The van der Waals surface area contributed by atoms with E-state index in [1.807, 2.05) is 60.7 Å². The van der Waals surface area contributed by atoms with Crippen LogP contribution in [-0.4, -0.2) is 35.5 Å². The fourth-order valence-corrected chi connectivity index (χ4v) is 3.30. The lowest BCUT2D eigenvalue weighted by molar-refractivity contribution is -0.0230. The Bertz CT molecular complexity index is 1020. The Balaban J connectivity index is 1.43. The number of pyridine rings is 1. The zero-order chi connectivity index (χ0) is 20.1. The molecule has 2 heterocycles. The van der Waals surface area contributed by atoms with Crippen LogP contribution in [0.1, 0.15) is 27.7 Å². The van der Waals surface area contributed by atoms with E-state index in [0.717, 1.165) is 11.1 Å². The number of hydrogen-bond donors (Lipinski definition) is 1. The first-order valence-corrected chi connectivity index (χ1v) is 9.56. The number of aromatic nitrogens is 1. The third-order valence-corrected chi connectivity index (χ3v) is 4.87. The van der Waals surface area contributed by atoms with Gasteiger partial charge >= 0.3 is 0 Å². The standard InChI is InChI=1S/C23H22N2O4/c26-20-13-19(24-14-21(20)29-16-17-7-3-1-4-8-17)23(27)25-11-12-28-22(15-25)18-9-5-2-6-10-18/h1-10,13-14,22H,11-12,15-16H2,(H,24,26)/t22-/m1/s1. The number of aromatic amines is 1. The van der Waals surface area contributed by atoms with Gasteiger partial charge in [-0.25, -0.2) is 0 Å². The van der Waals surface area contributed by atoms with Crippen molar-refractivity contribution in [2.75, 3.05) is 19.7 Å². The minimum absolute atomic E-state index is 0.172. The van der Waals surface area contributed by atoms with Crippen LogP contribution in [0, 0.1) is 0 Å². The lowest BCUT2D eigenvalue weighted by Gasteiger charge is -2.33. The molecule has 2 aromatic carbocycles. The molecule has 1 aliphatic heterocycles. The summed E-state index contributed by atoms with van der Waals surface area (Å²) in [4.78, 5) is 29.9. The van der Waals surface area contributed by atoms with Gasteiger partial charge in [0.25, 0.3) is 5.91 Å². The van der Waals surface area contributed by atoms with Crippen LogP contribution in [0.5, 0.6) is 5.75 Å². The highest BCUT2D eigenvalue weighted by atomic mass is 16.5. The number of carbonyl (C=O) groups excluding carboxylic acids is 1. The third kappa shape index (κ3) is 4.55. The molecule has 0 spiro atoms. The first kappa shape index (κ1) is 19.0. The number of benzene rings is 2. The number of amides is 1. The number of ether oxygens (including phenoxy) is 2. The molecule has 0 aliphatic carbocycles. The fourth-order valence-electron chi connectivity index (χ4n) is 3.30. The predicted molar refractivity (Wildman–Crippen MR) is 109 cm³/mol. The topological polar surface area (TPSA) is 71.6 Å². The summed E-state index contributed by atoms with van der Waals surface area (Å²) in [6, 6.07) is 20.7. The minimum Gasteiger partial charge on any atom is -0.483 e. The van der Waals surface area contributed by atoms with Crippen molar-refractivity contribution in [1.82, 2.24) is 9.88 Å². The molecule has 0 saturated carbocycles. The van der Waals surface area contributed by atoms with Gasteiger partial charge in [-0.2, -0.15) is 0 Å². The van der Waals surface area contributed by atoms with E-state index in [0.29, 0.717) is 26.3 Å². The lowest BCUT2D eigenvalue weighted by Crippen LogP contribution is -2.42. The largest absolute Gasteiger partial charge is 0.483 e. The number of H-pyrrole nitrogens is 1. The van der Waals surface area contributed by atoms with Crippen molar-refractivity contribution >= 4 is 5.91 Å². The van der Waals surface area contributed by atoms with Crippen LogP contribution >= 0.6 is 0 Å². The molecule has 0 radical (unpaired) electrons. The summed E-state index contributed by atoms with van der Waals surface area (Å²) in [7, 11) is 0. The number of morpholine rings is 1. The summed E-state index contributed by atoms with van der Waals surface area (Å²) in [5, 5.41) is 0. The van der Waals surface area contributed by atoms with Crippen LogP contribution in [-0.2, 0) is 11.3 Å². The van der Waals surface area contributed by atoms with Crippen LogP contribution in [0.15, 0.2) is 77.7 Å². The Labute approximate surface area is 168 Å². The number of hydrogen-bond acceptors (Lipinski definition) is 4. The summed E-state index contributed by atoms with van der Waals surface area (Å²) in [5.74, 6) is -0.0320. The highest BCUT2D eigenvalue weighted by molar-refractivity contribution is 5.92. The molecule has 1 aromatic heterocycles. The van der Waals surface area contributed by atoms with Crippen molar-refractivity contribution in [2.45, 2.75) is 12.7 Å².